The number of Topliss-reactive ketones (excluding diaryl/α,β-unsaturated/α-hetero) is 1. The fraction of sp³-hybridized carbons (Fsp3) is 0.435. The average Bonchev–Trinajstić information content (AvgIpc) is 3.60. The summed E-state index contributed by atoms with van der Waals surface area (Å²) in [6, 6.07) is 11.9. The molecule has 1 aliphatic carbocycles. The molecule has 1 heterocycles. The Morgan fingerprint density at radius 2 is 2.00 bits per heavy atom. The Bertz CT molecular complexity index is 1230. The molecule has 1 saturated carbocycles. The van der Waals surface area contributed by atoms with Crippen molar-refractivity contribution in [1.29, 1.82) is 0 Å². The van der Waals surface area contributed by atoms with E-state index in [4.69, 9.17) is 16.3 Å². The Morgan fingerprint density at radius 3 is 2.68 bits per heavy atom. The van der Waals surface area contributed by atoms with E-state index in [1.165, 1.54) is 30.4 Å². The molecule has 0 aromatic heterocycles. The molecule has 1 saturated heterocycles. The van der Waals surface area contributed by atoms with E-state index in [2.05, 4.69) is 5.10 Å². The van der Waals surface area contributed by atoms with Crippen molar-refractivity contribution in [3.8, 4) is 0 Å². The Balaban J connectivity index is 1.61. The number of likely N-dealkylation sites (N-methyl/N-ethyl adjacent to an activating group) is 1. The van der Waals surface area contributed by atoms with Gasteiger partial charge in [-0.25, -0.2) is 14.2 Å². The molecule has 2 aliphatic rings. The normalized spacial score (nSPS) is 20.9. The summed E-state index contributed by atoms with van der Waals surface area (Å²) in [5, 5.41) is 3.41. The molecule has 3 N–H and O–H groups in total. The van der Waals surface area contributed by atoms with Gasteiger partial charge in [0.05, 0.1) is 30.0 Å². The number of hydrogen-bond acceptors (Lipinski definition) is 7. The van der Waals surface area contributed by atoms with Gasteiger partial charge < -0.3 is 20.4 Å². The first kappa shape index (κ1) is 24.1. The molecule has 181 valence electrons. The second-order valence-electron chi connectivity index (χ2n) is 8.78. The number of nitrogens with one attached hydrogen (secondary N) is 1. The standard InChI is InChI=1S/C23H28N5O5S/c1-27(21-14-28(15-26-25)10-11-33-21)20(29)13-19(22(30)23(24)8-9-23)34(31,32)18-7-6-16-4-2-3-5-17(16)12-18/h2-7,12,15,19,21,24H,8-11,13-14,25H2,1H3. The molecule has 2 atom stereocenters. The van der Waals surface area contributed by atoms with Crippen molar-refractivity contribution in [2.24, 2.45) is 10.9 Å². The molecule has 11 heteroatoms. The molecule has 2 fully saturated rings. The van der Waals surface area contributed by atoms with Gasteiger partial charge in [0, 0.05) is 13.6 Å². The lowest BCUT2D eigenvalue weighted by Crippen LogP contribution is -2.52. The molecule has 1 radical (unpaired) electrons. The number of benzene rings is 2. The van der Waals surface area contributed by atoms with E-state index in [1.54, 1.807) is 23.1 Å². The summed E-state index contributed by atoms with van der Waals surface area (Å²) < 4.78 is 32.9. The molecule has 2 aromatic rings. The van der Waals surface area contributed by atoms with Crippen molar-refractivity contribution in [3.05, 3.63) is 42.5 Å². The number of nitrogens with two attached hydrogens (primary N) is 1. The molecule has 4 rings (SSSR count). The summed E-state index contributed by atoms with van der Waals surface area (Å²) in [5.74, 6) is 3.92. The number of ether oxygens (including phenoxy) is 1. The zero-order valence-corrected chi connectivity index (χ0v) is 19.7. The SMILES string of the molecule is CN(C(=O)CC(C(=O)C1([NH])CC1)S(=O)(=O)c1ccc2ccccc2c1)C1CN(C=NN)CCO1. The summed E-state index contributed by atoms with van der Waals surface area (Å²) in [7, 11) is -2.71. The third-order valence-corrected chi connectivity index (χ3v) is 8.47. The summed E-state index contributed by atoms with van der Waals surface area (Å²) in [5.41, 5.74) is 6.82. The van der Waals surface area contributed by atoms with Gasteiger partial charge in [-0.2, -0.15) is 5.10 Å². The van der Waals surface area contributed by atoms with Crippen LogP contribution in [0.25, 0.3) is 10.8 Å². The van der Waals surface area contributed by atoms with Gasteiger partial charge in [-0.3, -0.25) is 9.59 Å². The maximum atomic E-state index is 13.6. The van der Waals surface area contributed by atoms with Crippen LogP contribution in [0.1, 0.15) is 19.3 Å². The lowest BCUT2D eigenvalue weighted by atomic mass is 10.1. The van der Waals surface area contributed by atoms with Crippen LogP contribution in [0.3, 0.4) is 0 Å². The van der Waals surface area contributed by atoms with E-state index in [1.807, 2.05) is 12.1 Å². The summed E-state index contributed by atoms with van der Waals surface area (Å²) in [6.07, 6.45) is 0.818. The van der Waals surface area contributed by atoms with Crippen LogP contribution in [0.2, 0.25) is 0 Å². The van der Waals surface area contributed by atoms with Crippen molar-refractivity contribution < 1.29 is 22.7 Å². The van der Waals surface area contributed by atoms with E-state index < -0.39 is 45.0 Å². The van der Waals surface area contributed by atoms with Crippen LogP contribution >= 0.6 is 0 Å². The highest BCUT2D eigenvalue weighted by Crippen LogP contribution is 2.39. The number of carbonyl (C=O) groups excluding carboxylic acids is 2. The molecule has 0 spiro atoms. The van der Waals surface area contributed by atoms with Gasteiger partial charge in [-0.15, -0.1) is 0 Å². The minimum Gasteiger partial charge on any atom is -0.355 e. The highest BCUT2D eigenvalue weighted by Gasteiger charge is 2.53. The molecular formula is C23H28N5O5S. The number of ketones is 1. The van der Waals surface area contributed by atoms with Crippen LogP contribution in [-0.4, -0.2) is 80.0 Å². The molecule has 1 amide bonds. The van der Waals surface area contributed by atoms with Crippen LogP contribution in [-0.2, 0) is 24.2 Å². The first-order valence-corrected chi connectivity index (χ1v) is 12.6. The second-order valence-corrected chi connectivity index (χ2v) is 10.9. The summed E-state index contributed by atoms with van der Waals surface area (Å²) >= 11 is 0. The Morgan fingerprint density at radius 1 is 1.29 bits per heavy atom. The number of hydrazone groups is 1. The van der Waals surface area contributed by atoms with Gasteiger partial charge >= 0.3 is 0 Å². The Kier molecular flexibility index (Phi) is 6.61. The number of hydrogen-bond donors (Lipinski definition) is 1. The molecule has 2 unspecified atom stereocenters. The summed E-state index contributed by atoms with van der Waals surface area (Å²) in [6.45, 7) is 1.20. The van der Waals surface area contributed by atoms with Gasteiger partial charge in [0.1, 0.15) is 17.8 Å². The maximum Gasteiger partial charge on any atom is 0.226 e. The predicted octanol–water partition coefficient (Wildman–Crippen LogP) is 0.776. The largest absolute Gasteiger partial charge is 0.355 e. The number of carbonyl (C=O) groups is 2. The number of fused-ring (bicyclic) bond motifs is 1. The Hall–Kier alpha value is -3.02. The average molecular weight is 487 g/mol. The van der Waals surface area contributed by atoms with E-state index in [0.29, 0.717) is 37.9 Å². The zero-order chi connectivity index (χ0) is 24.5. The minimum absolute atomic E-state index is 0.0384. The fourth-order valence-electron chi connectivity index (χ4n) is 4.08. The molecule has 34 heavy (non-hydrogen) atoms. The van der Waals surface area contributed by atoms with Crippen LogP contribution in [0.4, 0.5) is 0 Å². The quantitative estimate of drug-likeness (QED) is 0.251. The van der Waals surface area contributed by atoms with Gasteiger partial charge in [-0.05, 0) is 35.7 Å². The van der Waals surface area contributed by atoms with E-state index in [-0.39, 0.29) is 4.90 Å². The Labute approximate surface area is 198 Å². The highest BCUT2D eigenvalue weighted by atomic mass is 32.2. The third kappa shape index (κ3) is 4.77. The van der Waals surface area contributed by atoms with Gasteiger partial charge in [0.2, 0.25) is 5.91 Å². The maximum absolute atomic E-state index is 13.6. The number of nitrogens with zero attached hydrogens (tertiary/aromatic N) is 3. The van der Waals surface area contributed by atoms with Crippen LogP contribution < -0.4 is 11.6 Å². The van der Waals surface area contributed by atoms with Gasteiger partial charge in [-0.1, -0.05) is 30.3 Å². The first-order chi connectivity index (χ1) is 16.2. The molecule has 2 aromatic carbocycles. The summed E-state index contributed by atoms with van der Waals surface area (Å²) in [4.78, 5) is 29.4. The molecule has 10 nitrogen and oxygen atoms in total. The minimum atomic E-state index is -4.22. The third-order valence-electron chi connectivity index (χ3n) is 6.43. The molecule has 1 aliphatic heterocycles. The smallest absolute Gasteiger partial charge is 0.226 e. The number of rotatable bonds is 8. The van der Waals surface area contributed by atoms with Crippen molar-refractivity contribution in [1.82, 2.24) is 15.5 Å². The van der Waals surface area contributed by atoms with E-state index in [9.17, 15) is 18.0 Å². The lowest BCUT2D eigenvalue weighted by molar-refractivity contribution is -0.149. The van der Waals surface area contributed by atoms with Crippen LogP contribution in [0.5, 0.6) is 0 Å². The first-order valence-electron chi connectivity index (χ1n) is 11.0. The van der Waals surface area contributed by atoms with Crippen molar-refractivity contribution in [2.75, 3.05) is 26.7 Å². The van der Waals surface area contributed by atoms with E-state index in [0.717, 1.165) is 5.39 Å². The second kappa shape index (κ2) is 9.32. The number of sulfone groups is 1. The van der Waals surface area contributed by atoms with Crippen molar-refractivity contribution in [3.63, 3.8) is 0 Å². The zero-order valence-electron chi connectivity index (χ0n) is 18.9. The van der Waals surface area contributed by atoms with Crippen LogP contribution in [0.15, 0.2) is 52.5 Å². The lowest BCUT2D eigenvalue weighted by Gasteiger charge is -2.36. The fourth-order valence-corrected chi connectivity index (χ4v) is 5.83. The monoisotopic (exact) mass is 486 g/mol. The van der Waals surface area contributed by atoms with Crippen molar-refractivity contribution in [2.45, 2.75) is 41.2 Å². The molecular weight excluding hydrogens is 458 g/mol. The van der Waals surface area contributed by atoms with Gasteiger partial charge in [0.15, 0.2) is 15.6 Å². The van der Waals surface area contributed by atoms with E-state index >= 15 is 0 Å². The predicted molar refractivity (Wildman–Crippen MR) is 126 cm³/mol. The van der Waals surface area contributed by atoms with Gasteiger partial charge in [0.25, 0.3) is 0 Å². The number of morpholine rings is 1. The van der Waals surface area contributed by atoms with Crippen LogP contribution in [0, 0.1) is 0 Å². The highest BCUT2D eigenvalue weighted by molar-refractivity contribution is 7.92. The number of amides is 1. The topological polar surface area (TPSA) is 146 Å². The molecule has 0 bridgehead atoms. The van der Waals surface area contributed by atoms with Crippen molar-refractivity contribution >= 4 is 38.6 Å².